The number of hydrogen-bond donors (Lipinski definition) is 4. The molecule has 172 valence electrons. The van der Waals surface area contributed by atoms with Gasteiger partial charge >= 0.3 is 6.09 Å². The third-order valence-corrected chi connectivity index (χ3v) is 6.04. The van der Waals surface area contributed by atoms with E-state index in [0.29, 0.717) is 25.1 Å². The SMILES string of the molecule is C=C(CCN(C(=O)O)C1CCc2cc(OC)ccc21)NC[C@@H](O)[C@@H](N)Cc1ccccc1. The number of nitrogens with one attached hydrogen (secondary N) is 1. The van der Waals surface area contributed by atoms with Crippen molar-refractivity contribution in [3.05, 3.63) is 77.5 Å². The number of ether oxygens (including phenoxy) is 1. The van der Waals surface area contributed by atoms with Crippen LogP contribution in [-0.2, 0) is 12.8 Å². The first-order valence-electron chi connectivity index (χ1n) is 10.9. The molecule has 1 amide bonds. The Bertz CT molecular complexity index is 919. The quantitative estimate of drug-likeness (QED) is 0.429. The molecule has 0 saturated heterocycles. The number of aliphatic hydroxyl groups is 1. The fourth-order valence-corrected chi connectivity index (χ4v) is 4.17. The lowest BCUT2D eigenvalue weighted by molar-refractivity contribution is 0.123. The molecule has 0 aliphatic heterocycles. The lowest BCUT2D eigenvalue weighted by Gasteiger charge is -2.28. The first-order valence-corrected chi connectivity index (χ1v) is 10.9. The zero-order valence-corrected chi connectivity index (χ0v) is 18.5. The fraction of sp³-hybridized carbons (Fsp3) is 0.400. The van der Waals surface area contributed by atoms with Crippen LogP contribution in [0, 0.1) is 0 Å². The molecule has 3 rings (SSSR count). The van der Waals surface area contributed by atoms with Crippen molar-refractivity contribution in [1.82, 2.24) is 10.2 Å². The van der Waals surface area contributed by atoms with Crippen LogP contribution in [0.25, 0.3) is 0 Å². The summed E-state index contributed by atoms with van der Waals surface area (Å²) in [5, 5.41) is 23.3. The number of nitrogens with zero attached hydrogens (tertiary/aromatic N) is 1. The highest BCUT2D eigenvalue weighted by Crippen LogP contribution is 2.37. The van der Waals surface area contributed by atoms with Gasteiger partial charge in [-0.05, 0) is 48.1 Å². The molecule has 0 saturated carbocycles. The van der Waals surface area contributed by atoms with Gasteiger partial charge in [-0.15, -0.1) is 0 Å². The summed E-state index contributed by atoms with van der Waals surface area (Å²) >= 11 is 0. The summed E-state index contributed by atoms with van der Waals surface area (Å²) in [6.07, 6.45) is 0.924. The molecular formula is C25H33N3O4. The Morgan fingerprint density at radius 3 is 2.75 bits per heavy atom. The Morgan fingerprint density at radius 1 is 1.31 bits per heavy atom. The van der Waals surface area contributed by atoms with Gasteiger partial charge in [0, 0.05) is 31.2 Å². The molecule has 0 heterocycles. The summed E-state index contributed by atoms with van der Waals surface area (Å²) in [5.74, 6) is 0.785. The van der Waals surface area contributed by atoms with Crippen LogP contribution in [0.4, 0.5) is 4.79 Å². The van der Waals surface area contributed by atoms with E-state index < -0.39 is 18.2 Å². The van der Waals surface area contributed by atoms with Gasteiger partial charge in [0.05, 0.1) is 19.3 Å². The Balaban J connectivity index is 1.49. The normalized spacial score (nSPS) is 16.7. The predicted molar refractivity (Wildman–Crippen MR) is 125 cm³/mol. The number of aliphatic hydroxyl groups excluding tert-OH is 1. The molecule has 1 aliphatic carbocycles. The molecule has 2 aromatic carbocycles. The smallest absolute Gasteiger partial charge is 0.407 e. The summed E-state index contributed by atoms with van der Waals surface area (Å²) in [6.45, 7) is 4.59. The van der Waals surface area contributed by atoms with Crippen molar-refractivity contribution in [2.24, 2.45) is 5.73 Å². The minimum Gasteiger partial charge on any atom is -0.497 e. The number of amides is 1. The van der Waals surface area contributed by atoms with E-state index >= 15 is 0 Å². The summed E-state index contributed by atoms with van der Waals surface area (Å²) in [6, 6.07) is 15.0. The third-order valence-electron chi connectivity index (χ3n) is 6.04. The zero-order valence-electron chi connectivity index (χ0n) is 18.5. The second kappa shape index (κ2) is 11.0. The number of aryl methyl sites for hydroxylation is 1. The molecule has 1 unspecified atom stereocenters. The average Bonchev–Trinajstić information content (AvgIpc) is 3.20. The summed E-state index contributed by atoms with van der Waals surface area (Å²) in [7, 11) is 1.63. The maximum Gasteiger partial charge on any atom is 0.407 e. The number of hydrogen-bond acceptors (Lipinski definition) is 5. The van der Waals surface area contributed by atoms with Crippen LogP contribution in [0.15, 0.2) is 60.8 Å². The predicted octanol–water partition coefficient (Wildman–Crippen LogP) is 3.09. The molecule has 0 aromatic heterocycles. The van der Waals surface area contributed by atoms with Crippen molar-refractivity contribution in [1.29, 1.82) is 0 Å². The standard InChI is InChI=1S/C25H33N3O4/c1-17(27-16-24(29)22(26)14-18-6-4-3-5-7-18)12-13-28(25(30)31)23-11-8-19-15-20(32-2)9-10-21(19)23/h3-7,9-10,15,22-24,27,29H,1,8,11-14,16,26H2,2H3,(H,30,31)/t22-,23?,24+/m0/s1. The van der Waals surface area contributed by atoms with Crippen LogP contribution in [0.3, 0.4) is 0 Å². The number of carboxylic acid groups (broad SMARTS) is 1. The number of carbonyl (C=O) groups is 1. The van der Waals surface area contributed by atoms with Crippen LogP contribution in [0.2, 0.25) is 0 Å². The number of nitrogens with two attached hydrogens (primary N) is 1. The molecule has 1 aliphatic rings. The maximum atomic E-state index is 12.0. The van der Waals surface area contributed by atoms with Crippen LogP contribution in [-0.4, -0.2) is 53.6 Å². The van der Waals surface area contributed by atoms with Crippen molar-refractivity contribution < 1.29 is 19.7 Å². The molecule has 0 spiro atoms. The Labute approximate surface area is 189 Å². The van der Waals surface area contributed by atoms with Gasteiger partial charge in [0.1, 0.15) is 5.75 Å². The van der Waals surface area contributed by atoms with Gasteiger partial charge in [-0.2, -0.15) is 0 Å². The lowest BCUT2D eigenvalue weighted by Crippen LogP contribution is -2.43. The van der Waals surface area contributed by atoms with Crippen LogP contribution >= 0.6 is 0 Å². The minimum absolute atomic E-state index is 0.175. The van der Waals surface area contributed by atoms with Gasteiger partial charge in [0.15, 0.2) is 0 Å². The second-order valence-electron chi connectivity index (χ2n) is 8.25. The third kappa shape index (κ3) is 6.02. The molecule has 32 heavy (non-hydrogen) atoms. The van der Waals surface area contributed by atoms with Crippen LogP contribution in [0.1, 0.15) is 35.6 Å². The first-order chi connectivity index (χ1) is 15.4. The van der Waals surface area contributed by atoms with Gasteiger partial charge in [0.25, 0.3) is 0 Å². The van der Waals surface area contributed by atoms with E-state index in [4.69, 9.17) is 10.5 Å². The van der Waals surface area contributed by atoms with Gasteiger partial charge in [-0.25, -0.2) is 4.79 Å². The molecule has 0 bridgehead atoms. The Hall–Kier alpha value is -3.03. The molecule has 7 nitrogen and oxygen atoms in total. The van der Waals surface area contributed by atoms with Gasteiger partial charge in [-0.1, -0.05) is 43.0 Å². The highest BCUT2D eigenvalue weighted by Gasteiger charge is 2.31. The van der Waals surface area contributed by atoms with Crippen LogP contribution < -0.4 is 15.8 Å². The van der Waals surface area contributed by atoms with E-state index in [2.05, 4.69) is 11.9 Å². The number of benzene rings is 2. The first kappa shape index (κ1) is 23.6. The maximum absolute atomic E-state index is 12.0. The van der Waals surface area contributed by atoms with E-state index in [9.17, 15) is 15.0 Å². The lowest BCUT2D eigenvalue weighted by atomic mass is 10.0. The summed E-state index contributed by atoms with van der Waals surface area (Å²) in [4.78, 5) is 13.4. The molecule has 0 fully saturated rings. The molecule has 3 atom stereocenters. The zero-order chi connectivity index (χ0) is 23.1. The van der Waals surface area contributed by atoms with Gasteiger partial charge < -0.3 is 30.9 Å². The number of fused-ring (bicyclic) bond motifs is 1. The molecule has 5 N–H and O–H groups in total. The Kier molecular flexibility index (Phi) is 8.14. The van der Waals surface area contributed by atoms with Crippen molar-refractivity contribution in [3.63, 3.8) is 0 Å². The van der Waals surface area contributed by atoms with E-state index in [1.807, 2.05) is 48.5 Å². The van der Waals surface area contributed by atoms with Crippen molar-refractivity contribution in [3.8, 4) is 5.75 Å². The largest absolute Gasteiger partial charge is 0.497 e. The average molecular weight is 440 g/mol. The summed E-state index contributed by atoms with van der Waals surface area (Å²) < 4.78 is 5.28. The van der Waals surface area contributed by atoms with E-state index in [1.54, 1.807) is 7.11 Å². The fourth-order valence-electron chi connectivity index (χ4n) is 4.17. The number of methoxy groups -OCH3 is 1. The van der Waals surface area contributed by atoms with Crippen molar-refractivity contribution >= 4 is 6.09 Å². The highest BCUT2D eigenvalue weighted by molar-refractivity contribution is 5.66. The van der Waals surface area contributed by atoms with E-state index in [-0.39, 0.29) is 12.6 Å². The van der Waals surface area contributed by atoms with E-state index in [0.717, 1.165) is 35.3 Å². The Morgan fingerprint density at radius 2 is 2.06 bits per heavy atom. The van der Waals surface area contributed by atoms with Gasteiger partial charge in [-0.3, -0.25) is 0 Å². The van der Waals surface area contributed by atoms with Crippen molar-refractivity contribution in [2.45, 2.75) is 43.9 Å². The summed E-state index contributed by atoms with van der Waals surface area (Å²) in [5.41, 5.74) is 10.0. The van der Waals surface area contributed by atoms with Gasteiger partial charge in [0.2, 0.25) is 0 Å². The van der Waals surface area contributed by atoms with Crippen LogP contribution in [0.5, 0.6) is 5.75 Å². The van der Waals surface area contributed by atoms with E-state index in [1.165, 1.54) is 4.90 Å². The number of rotatable bonds is 11. The highest BCUT2D eigenvalue weighted by atomic mass is 16.5. The molecule has 2 aromatic rings. The molecule has 7 heteroatoms. The minimum atomic E-state index is -0.948. The molecule has 0 radical (unpaired) electrons. The molecular weight excluding hydrogens is 406 g/mol. The monoisotopic (exact) mass is 439 g/mol. The second-order valence-corrected chi connectivity index (χ2v) is 8.25. The van der Waals surface area contributed by atoms with Crippen molar-refractivity contribution in [2.75, 3.05) is 20.2 Å². The topological polar surface area (TPSA) is 108 Å².